The minimum absolute atomic E-state index is 0. The molecule has 9 nitrogen and oxygen atoms in total. The maximum absolute atomic E-state index is 11.6. The molecule has 0 aliphatic carbocycles. The Morgan fingerprint density at radius 3 is 1.62 bits per heavy atom. The topological polar surface area (TPSA) is 158 Å². The summed E-state index contributed by atoms with van der Waals surface area (Å²) in [6.07, 6.45) is 10.1. The second kappa shape index (κ2) is 22.5. The fourth-order valence-electron chi connectivity index (χ4n) is 2.32. The second-order valence-electron chi connectivity index (χ2n) is 6.40. The molecule has 0 aromatic heterocycles. The number of hydrogen-bond donors (Lipinski definition) is 4. The van der Waals surface area contributed by atoms with Gasteiger partial charge in [-0.25, -0.2) is 0 Å². The van der Waals surface area contributed by atoms with Gasteiger partial charge in [0, 0.05) is 0 Å². The van der Waals surface area contributed by atoms with E-state index in [1.54, 1.807) is 0 Å². The number of aliphatic hydroxyl groups excluding tert-OH is 2. The summed E-state index contributed by atoms with van der Waals surface area (Å²) >= 11 is 0. The average molecular weight is 453 g/mol. The molecule has 0 aliphatic rings. The summed E-state index contributed by atoms with van der Waals surface area (Å²) in [5.74, 6) is -2.70. The van der Waals surface area contributed by atoms with Gasteiger partial charge in [-0.2, -0.15) is 8.42 Å². The van der Waals surface area contributed by atoms with Crippen LogP contribution in [0.4, 0.5) is 0 Å². The molecule has 0 rings (SSSR count). The third-order valence-corrected chi connectivity index (χ3v) is 4.90. The van der Waals surface area contributed by atoms with Gasteiger partial charge in [0.05, 0.1) is 26.2 Å². The summed E-state index contributed by atoms with van der Waals surface area (Å²) in [7, 11) is -4.78. The second-order valence-corrected chi connectivity index (χ2v) is 8.00. The van der Waals surface area contributed by atoms with Gasteiger partial charge in [0.25, 0.3) is 10.1 Å². The van der Waals surface area contributed by atoms with Gasteiger partial charge in [-0.15, -0.1) is 0 Å². The Hall–Kier alpha value is -0.230. The number of carbonyl (C=O) groups excluding carboxylic acids is 1. The fraction of sp³-hybridized carbons (Fsp3) is 0.889. The zero-order valence-electron chi connectivity index (χ0n) is 16.7. The number of carboxylic acids is 1. The molecule has 4 N–H and O–H groups in total. The molecule has 0 amide bonds. The first kappa shape index (κ1) is 33.4. The van der Waals surface area contributed by atoms with E-state index in [9.17, 15) is 18.0 Å². The van der Waals surface area contributed by atoms with Gasteiger partial charge in [-0.05, 0) is 6.42 Å². The van der Waals surface area contributed by atoms with Crippen molar-refractivity contribution in [3.05, 3.63) is 0 Å². The molecule has 29 heavy (non-hydrogen) atoms. The van der Waals surface area contributed by atoms with Crippen molar-refractivity contribution >= 4 is 51.6 Å². The first-order chi connectivity index (χ1) is 13.2. The Morgan fingerprint density at radius 2 is 1.28 bits per heavy atom. The van der Waals surface area contributed by atoms with Crippen molar-refractivity contribution in [2.45, 2.75) is 82.8 Å². The van der Waals surface area contributed by atoms with E-state index in [1.165, 1.54) is 38.5 Å². The van der Waals surface area contributed by atoms with Crippen molar-refractivity contribution in [2.75, 3.05) is 19.8 Å². The average Bonchev–Trinajstić information content (AvgIpc) is 2.63. The molecule has 0 bridgehead atoms. The quantitative estimate of drug-likeness (QED) is 0.118. The van der Waals surface area contributed by atoms with Crippen LogP contribution in [0.2, 0.25) is 0 Å². The van der Waals surface area contributed by atoms with Crippen molar-refractivity contribution in [1.29, 1.82) is 0 Å². The number of unbranched alkanes of at least 4 members (excludes halogenated alkanes) is 9. The standard InChI is InChI=1S/C16H30O7S.C2H6O2.Na.H/c1-2-3-4-5-6-7-8-9-10-11-12-23-16(19)14(13-15(17)18)24(20,21)22;3-1-2-4;;/h14H,2-13H2,1H3,(H,17,18)(H,20,21,22);3-4H,1-2H2;;. The third kappa shape index (κ3) is 23.9. The molecular weight excluding hydrogens is 415 g/mol. The molecule has 1 atom stereocenters. The summed E-state index contributed by atoms with van der Waals surface area (Å²) in [4.78, 5) is 22.1. The van der Waals surface area contributed by atoms with Crippen molar-refractivity contribution in [3.8, 4) is 0 Å². The first-order valence-electron chi connectivity index (χ1n) is 9.77. The van der Waals surface area contributed by atoms with Crippen LogP contribution >= 0.6 is 0 Å². The van der Waals surface area contributed by atoms with Crippen molar-refractivity contribution in [1.82, 2.24) is 0 Å². The minimum atomic E-state index is -4.78. The van der Waals surface area contributed by atoms with E-state index in [-0.39, 0.29) is 49.4 Å². The Labute approximate surface area is 196 Å². The summed E-state index contributed by atoms with van der Waals surface area (Å²) in [6.45, 7) is 1.97. The summed E-state index contributed by atoms with van der Waals surface area (Å²) in [5, 5.41) is 21.8. The van der Waals surface area contributed by atoms with Crippen LogP contribution in [0.5, 0.6) is 0 Å². The Bertz CT molecular complexity index is 496. The monoisotopic (exact) mass is 452 g/mol. The molecule has 0 spiro atoms. The SMILES string of the molecule is CCCCCCCCCCCCOC(=O)C(CC(=O)O)S(=O)(=O)O.OCCO.[NaH]. The first-order valence-corrected chi connectivity index (χ1v) is 11.3. The molecule has 0 radical (unpaired) electrons. The summed E-state index contributed by atoms with van der Waals surface area (Å²) in [6, 6.07) is 0. The van der Waals surface area contributed by atoms with E-state index in [1.807, 2.05) is 0 Å². The third-order valence-electron chi connectivity index (χ3n) is 3.82. The molecular formula is C18H37NaO9S. The van der Waals surface area contributed by atoms with E-state index < -0.39 is 33.7 Å². The van der Waals surface area contributed by atoms with Crippen molar-refractivity contribution in [2.24, 2.45) is 0 Å². The number of rotatable bonds is 16. The Balaban J connectivity index is -0.00000123. The van der Waals surface area contributed by atoms with Gasteiger partial charge in [0.1, 0.15) is 0 Å². The number of carbonyl (C=O) groups is 2. The predicted molar refractivity (Wildman–Crippen MR) is 112 cm³/mol. The Morgan fingerprint density at radius 1 is 0.862 bits per heavy atom. The van der Waals surface area contributed by atoms with Gasteiger partial charge in [-0.1, -0.05) is 64.7 Å². The zero-order valence-corrected chi connectivity index (χ0v) is 17.5. The molecule has 0 saturated heterocycles. The van der Waals surface area contributed by atoms with E-state index in [4.69, 9.17) is 24.6 Å². The van der Waals surface area contributed by atoms with Gasteiger partial charge in [-0.3, -0.25) is 14.1 Å². The fourth-order valence-corrected chi connectivity index (χ4v) is 2.99. The summed E-state index contributed by atoms with van der Waals surface area (Å²) < 4.78 is 35.6. The van der Waals surface area contributed by atoms with Crippen LogP contribution in [-0.4, -0.2) is 94.9 Å². The van der Waals surface area contributed by atoms with Crippen LogP contribution in [0.25, 0.3) is 0 Å². The number of aliphatic hydroxyl groups is 2. The van der Waals surface area contributed by atoms with Crippen LogP contribution in [-0.2, 0) is 24.4 Å². The van der Waals surface area contributed by atoms with Crippen LogP contribution in [0.15, 0.2) is 0 Å². The summed E-state index contributed by atoms with van der Waals surface area (Å²) in [5.41, 5.74) is 0. The molecule has 170 valence electrons. The van der Waals surface area contributed by atoms with E-state index >= 15 is 0 Å². The van der Waals surface area contributed by atoms with Gasteiger partial charge >= 0.3 is 41.5 Å². The number of esters is 1. The molecule has 11 heteroatoms. The maximum atomic E-state index is 11.6. The Kier molecular flexibility index (Phi) is 25.9. The molecule has 0 saturated carbocycles. The van der Waals surface area contributed by atoms with Gasteiger partial charge in [0.2, 0.25) is 0 Å². The van der Waals surface area contributed by atoms with Crippen LogP contribution in [0, 0.1) is 0 Å². The number of carboxylic acid groups (broad SMARTS) is 1. The number of aliphatic carboxylic acids is 1. The molecule has 0 fully saturated rings. The van der Waals surface area contributed by atoms with E-state index in [0.29, 0.717) is 6.42 Å². The number of hydrogen-bond acceptors (Lipinski definition) is 7. The van der Waals surface area contributed by atoms with Crippen LogP contribution in [0.3, 0.4) is 0 Å². The molecule has 1 unspecified atom stereocenters. The zero-order chi connectivity index (χ0) is 21.8. The van der Waals surface area contributed by atoms with Crippen LogP contribution in [0.1, 0.15) is 77.6 Å². The molecule has 0 aromatic rings. The molecule has 0 aliphatic heterocycles. The van der Waals surface area contributed by atoms with Crippen molar-refractivity contribution in [3.63, 3.8) is 0 Å². The molecule has 0 heterocycles. The van der Waals surface area contributed by atoms with Crippen LogP contribution < -0.4 is 0 Å². The van der Waals surface area contributed by atoms with E-state index in [0.717, 1.165) is 19.3 Å². The van der Waals surface area contributed by atoms with Gasteiger partial charge in [0.15, 0.2) is 5.25 Å². The normalized spacial score (nSPS) is 11.6. The number of ether oxygens (including phenoxy) is 1. The molecule has 0 aromatic carbocycles. The van der Waals surface area contributed by atoms with Crippen molar-refractivity contribution < 1.29 is 42.6 Å². The van der Waals surface area contributed by atoms with Gasteiger partial charge < -0.3 is 20.1 Å². The van der Waals surface area contributed by atoms with E-state index in [2.05, 4.69) is 6.92 Å². The predicted octanol–water partition coefficient (Wildman–Crippen LogP) is 1.50.